The van der Waals surface area contributed by atoms with E-state index in [0.717, 1.165) is 5.69 Å². The monoisotopic (exact) mass is 246 g/mol. The van der Waals surface area contributed by atoms with Gasteiger partial charge in [0, 0.05) is 11.8 Å². The molecule has 0 spiro atoms. The summed E-state index contributed by atoms with van der Waals surface area (Å²) in [6.07, 6.45) is -0.604. The average Bonchev–Trinajstić information content (AvgIpc) is 2.78. The van der Waals surface area contributed by atoms with E-state index in [-0.39, 0.29) is 11.9 Å². The summed E-state index contributed by atoms with van der Waals surface area (Å²) >= 11 is 0. The van der Waals surface area contributed by atoms with Crippen LogP contribution in [0, 0.1) is 0 Å². The van der Waals surface area contributed by atoms with Crippen LogP contribution < -0.4 is 10.1 Å². The molecule has 94 valence electrons. The molecule has 0 saturated carbocycles. The third-order valence-corrected chi connectivity index (χ3v) is 2.31. The van der Waals surface area contributed by atoms with Gasteiger partial charge in [0.15, 0.2) is 0 Å². The molecule has 1 N–H and O–H groups in total. The van der Waals surface area contributed by atoms with Crippen molar-refractivity contribution in [1.29, 1.82) is 0 Å². The van der Waals surface area contributed by atoms with Gasteiger partial charge in [0.25, 0.3) is 0 Å². The highest BCUT2D eigenvalue weighted by Crippen LogP contribution is 2.19. The molecular weight excluding hydrogens is 232 g/mol. The Balaban J connectivity index is 1.95. The zero-order chi connectivity index (χ0) is 13.0. The number of aromatic nitrogens is 1. The van der Waals surface area contributed by atoms with Crippen LogP contribution >= 0.6 is 0 Å². The van der Waals surface area contributed by atoms with Crippen molar-refractivity contribution in [2.45, 2.75) is 19.8 Å². The van der Waals surface area contributed by atoms with E-state index in [9.17, 15) is 4.79 Å². The molecule has 2 aromatic rings. The SMILES string of the molecule is CC(C)c1cc(OC(=O)Nc2ccccc2)on1. The van der Waals surface area contributed by atoms with Crippen molar-refractivity contribution in [2.75, 3.05) is 5.32 Å². The molecule has 0 bridgehead atoms. The highest BCUT2D eigenvalue weighted by atomic mass is 16.7. The van der Waals surface area contributed by atoms with Gasteiger partial charge in [-0.3, -0.25) is 5.32 Å². The number of amides is 1. The maximum absolute atomic E-state index is 11.5. The van der Waals surface area contributed by atoms with Crippen LogP contribution in [0.5, 0.6) is 5.95 Å². The van der Waals surface area contributed by atoms with Gasteiger partial charge >= 0.3 is 12.0 Å². The number of anilines is 1. The van der Waals surface area contributed by atoms with E-state index in [1.807, 2.05) is 32.0 Å². The second kappa shape index (κ2) is 5.35. The van der Waals surface area contributed by atoms with Crippen LogP contribution in [0.4, 0.5) is 10.5 Å². The molecule has 0 radical (unpaired) electrons. The molecule has 1 heterocycles. The Morgan fingerprint density at radius 2 is 2.06 bits per heavy atom. The minimum Gasteiger partial charge on any atom is -0.374 e. The number of para-hydroxylation sites is 1. The van der Waals surface area contributed by atoms with E-state index in [0.29, 0.717) is 5.69 Å². The summed E-state index contributed by atoms with van der Waals surface area (Å²) in [5.41, 5.74) is 1.41. The number of nitrogens with zero attached hydrogens (tertiary/aromatic N) is 1. The summed E-state index contributed by atoms with van der Waals surface area (Å²) < 4.78 is 9.87. The predicted molar refractivity (Wildman–Crippen MR) is 66.7 cm³/mol. The Bertz CT molecular complexity index is 520. The van der Waals surface area contributed by atoms with Crippen molar-refractivity contribution >= 4 is 11.8 Å². The number of hydrogen-bond acceptors (Lipinski definition) is 4. The first kappa shape index (κ1) is 12.2. The number of carbonyl (C=O) groups is 1. The largest absolute Gasteiger partial charge is 0.419 e. The van der Waals surface area contributed by atoms with Crippen LogP contribution in [0.25, 0.3) is 0 Å². The number of hydrogen-bond donors (Lipinski definition) is 1. The fourth-order valence-electron chi connectivity index (χ4n) is 1.35. The number of ether oxygens (including phenoxy) is 1. The molecule has 0 aliphatic carbocycles. The standard InChI is InChI=1S/C13H14N2O3/c1-9(2)11-8-12(18-15-11)17-13(16)14-10-6-4-3-5-7-10/h3-9H,1-2H3,(H,14,16). The zero-order valence-corrected chi connectivity index (χ0v) is 10.2. The van der Waals surface area contributed by atoms with E-state index in [1.165, 1.54) is 0 Å². The fourth-order valence-corrected chi connectivity index (χ4v) is 1.35. The Morgan fingerprint density at radius 3 is 2.67 bits per heavy atom. The molecular formula is C13H14N2O3. The fraction of sp³-hybridized carbons (Fsp3) is 0.231. The molecule has 0 saturated heterocycles. The van der Waals surface area contributed by atoms with E-state index in [4.69, 9.17) is 9.26 Å². The lowest BCUT2D eigenvalue weighted by Gasteiger charge is -2.02. The molecule has 1 aromatic heterocycles. The van der Waals surface area contributed by atoms with E-state index in [2.05, 4.69) is 10.5 Å². The Hall–Kier alpha value is -2.30. The molecule has 0 fully saturated rings. The summed E-state index contributed by atoms with van der Waals surface area (Å²) in [7, 11) is 0. The van der Waals surface area contributed by atoms with Crippen molar-refractivity contribution in [1.82, 2.24) is 5.16 Å². The second-order valence-electron chi connectivity index (χ2n) is 4.11. The maximum atomic E-state index is 11.5. The van der Waals surface area contributed by atoms with Gasteiger partial charge in [0.2, 0.25) is 0 Å². The van der Waals surface area contributed by atoms with Gasteiger partial charge in [0.1, 0.15) is 0 Å². The van der Waals surface area contributed by atoms with Crippen LogP contribution in [0.2, 0.25) is 0 Å². The molecule has 5 nitrogen and oxygen atoms in total. The van der Waals surface area contributed by atoms with E-state index in [1.54, 1.807) is 18.2 Å². The predicted octanol–water partition coefficient (Wildman–Crippen LogP) is 3.41. The number of carbonyl (C=O) groups excluding carboxylic acids is 1. The third kappa shape index (κ3) is 3.10. The van der Waals surface area contributed by atoms with Gasteiger partial charge in [-0.05, 0) is 18.1 Å². The second-order valence-corrected chi connectivity index (χ2v) is 4.11. The number of nitrogens with one attached hydrogen (secondary N) is 1. The van der Waals surface area contributed by atoms with Gasteiger partial charge in [-0.15, -0.1) is 0 Å². The van der Waals surface area contributed by atoms with Crippen LogP contribution in [0.1, 0.15) is 25.5 Å². The van der Waals surface area contributed by atoms with E-state index < -0.39 is 6.09 Å². The minimum atomic E-state index is -0.604. The normalized spacial score (nSPS) is 10.4. The van der Waals surface area contributed by atoms with Gasteiger partial charge in [-0.1, -0.05) is 37.2 Å². The van der Waals surface area contributed by atoms with Crippen molar-refractivity contribution in [3.05, 3.63) is 42.1 Å². The first-order chi connectivity index (χ1) is 8.65. The highest BCUT2D eigenvalue weighted by Gasteiger charge is 2.12. The molecule has 0 unspecified atom stereocenters. The van der Waals surface area contributed by atoms with Gasteiger partial charge in [0.05, 0.1) is 5.69 Å². The summed E-state index contributed by atoms with van der Waals surface area (Å²) in [4.78, 5) is 11.5. The van der Waals surface area contributed by atoms with E-state index >= 15 is 0 Å². The van der Waals surface area contributed by atoms with Gasteiger partial charge in [-0.2, -0.15) is 0 Å². The van der Waals surface area contributed by atoms with Crippen molar-refractivity contribution < 1.29 is 14.1 Å². The quantitative estimate of drug-likeness (QED) is 0.901. The smallest absolute Gasteiger partial charge is 0.374 e. The summed E-state index contributed by atoms with van der Waals surface area (Å²) in [5, 5.41) is 6.38. The Morgan fingerprint density at radius 1 is 1.33 bits per heavy atom. The maximum Gasteiger partial charge on any atom is 0.419 e. The molecule has 5 heteroatoms. The topological polar surface area (TPSA) is 64.4 Å². The molecule has 18 heavy (non-hydrogen) atoms. The van der Waals surface area contributed by atoms with Crippen molar-refractivity contribution in [3.8, 4) is 5.95 Å². The zero-order valence-electron chi connectivity index (χ0n) is 10.2. The van der Waals surface area contributed by atoms with Crippen molar-refractivity contribution in [2.24, 2.45) is 0 Å². The summed E-state index contributed by atoms with van der Waals surface area (Å²) in [6, 6.07) is 10.6. The first-order valence-corrected chi connectivity index (χ1v) is 5.65. The lowest BCUT2D eigenvalue weighted by atomic mass is 10.1. The lowest BCUT2D eigenvalue weighted by molar-refractivity contribution is 0.194. The lowest BCUT2D eigenvalue weighted by Crippen LogP contribution is -2.16. The Labute approximate surface area is 105 Å². The number of rotatable bonds is 3. The van der Waals surface area contributed by atoms with Crippen LogP contribution in [0.3, 0.4) is 0 Å². The molecule has 1 amide bonds. The summed E-state index contributed by atoms with van der Waals surface area (Å²) in [6.45, 7) is 3.96. The average molecular weight is 246 g/mol. The van der Waals surface area contributed by atoms with Crippen molar-refractivity contribution in [3.63, 3.8) is 0 Å². The molecule has 0 aliphatic heterocycles. The highest BCUT2D eigenvalue weighted by molar-refractivity contribution is 5.85. The molecule has 0 atom stereocenters. The number of benzene rings is 1. The molecule has 2 rings (SSSR count). The molecule has 1 aromatic carbocycles. The van der Waals surface area contributed by atoms with Crippen LogP contribution in [0.15, 0.2) is 40.9 Å². The third-order valence-electron chi connectivity index (χ3n) is 2.31. The van der Waals surface area contributed by atoms with Gasteiger partial charge < -0.3 is 9.26 Å². The van der Waals surface area contributed by atoms with Crippen LogP contribution in [-0.2, 0) is 0 Å². The molecule has 0 aliphatic rings. The first-order valence-electron chi connectivity index (χ1n) is 5.65. The Kier molecular flexibility index (Phi) is 3.62. The summed E-state index contributed by atoms with van der Waals surface area (Å²) in [5.74, 6) is 0.315. The van der Waals surface area contributed by atoms with Gasteiger partial charge in [-0.25, -0.2) is 4.79 Å². The minimum absolute atomic E-state index is 0.0899. The van der Waals surface area contributed by atoms with Crippen LogP contribution in [-0.4, -0.2) is 11.2 Å².